The molecule has 9 heteroatoms. The number of carbonyl (C=O) groups is 2. The van der Waals surface area contributed by atoms with Crippen LogP contribution in [0.5, 0.6) is 0 Å². The minimum atomic E-state index is -4.34. The third kappa shape index (κ3) is 5.92. The molecule has 2 aliphatic rings. The molecule has 0 aliphatic carbocycles. The standard InChI is InChI=1S/C28H33F3N2O4/c1-3-37-26(35)33-18-14-27(36-2,15-19-33)23-8-6-22(7-9-23)25(34)32-16-12-21(13-17-32)20-4-10-24(11-5-20)28(29,30)31/h4-11,21H,3,12-19H2,1-2H3. The molecule has 0 atom stereocenters. The van der Waals surface area contributed by atoms with Gasteiger partial charge in [-0.25, -0.2) is 4.79 Å². The molecule has 2 aromatic rings. The van der Waals surface area contributed by atoms with Crippen LogP contribution in [0.15, 0.2) is 48.5 Å². The largest absolute Gasteiger partial charge is 0.450 e. The van der Waals surface area contributed by atoms with Gasteiger partial charge in [0.2, 0.25) is 0 Å². The lowest BCUT2D eigenvalue weighted by molar-refractivity contribution is -0.137. The van der Waals surface area contributed by atoms with Crippen LogP contribution in [-0.2, 0) is 21.3 Å². The molecule has 0 radical (unpaired) electrons. The van der Waals surface area contributed by atoms with Gasteiger partial charge in [0, 0.05) is 38.9 Å². The fourth-order valence-electron chi connectivity index (χ4n) is 5.34. The van der Waals surface area contributed by atoms with Crippen LogP contribution in [0.4, 0.5) is 18.0 Å². The van der Waals surface area contributed by atoms with Gasteiger partial charge in [-0.2, -0.15) is 13.2 Å². The number of carbonyl (C=O) groups excluding carboxylic acids is 2. The van der Waals surface area contributed by atoms with Crippen LogP contribution in [-0.4, -0.2) is 61.7 Å². The lowest BCUT2D eigenvalue weighted by atomic mass is 9.83. The fourth-order valence-corrected chi connectivity index (χ4v) is 5.34. The Bertz CT molecular complexity index is 1070. The summed E-state index contributed by atoms with van der Waals surface area (Å²) in [5.41, 5.74) is 1.27. The topological polar surface area (TPSA) is 59.1 Å². The predicted octanol–water partition coefficient (Wildman–Crippen LogP) is 5.82. The van der Waals surface area contributed by atoms with Crippen molar-refractivity contribution < 1.29 is 32.2 Å². The van der Waals surface area contributed by atoms with E-state index in [4.69, 9.17) is 9.47 Å². The molecule has 0 spiro atoms. The van der Waals surface area contributed by atoms with Crippen LogP contribution < -0.4 is 0 Å². The second-order valence-electron chi connectivity index (χ2n) is 9.65. The zero-order valence-electron chi connectivity index (χ0n) is 21.2. The van der Waals surface area contributed by atoms with E-state index in [-0.39, 0.29) is 17.9 Å². The van der Waals surface area contributed by atoms with Crippen molar-refractivity contribution in [2.45, 2.75) is 50.3 Å². The Kier molecular flexibility index (Phi) is 8.11. The second kappa shape index (κ2) is 11.1. The van der Waals surface area contributed by atoms with E-state index >= 15 is 0 Å². The Labute approximate surface area is 215 Å². The molecular formula is C28H33F3N2O4. The van der Waals surface area contributed by atoms with Gasteiger partial charge in [-0.3, -0.25) is 4.79 Å². The quantitative estimate of drug-likeness (QED) is 0.501. The molecule has 2 amide bonds. The highest BCUT2D eigenvalue weighted by Crippen LogP contribution is 2.37. The van der Waals surface area contributed by atoms with Crippen LogP contribution in [0.2, 0.25) is 0 Å². The van der Waals surface area contributed by atoms with E-state index in [1.807, 2.05) is 24.3 Å². The van der Waals surface area contributed by atoms with Crippen LogP contribution in [0.1, 0.15) is 65.6 Å². The average molecular weight is 519 g/mol. The maximum atomic E-state index is 13.1. The summed E-state index contributed by atoms with van der Waals surface area (Å²) in [6.45, 7) is 4.29. The van der Waals surface area contributed by atoms with Crippen LogP contribution >= 0.6 is 0 Å². The number of alkyl halides is 3. The lowest BCUT2D eigenvalue weighted by Gasteiger charge is -2.40. The van der Waals surface area contributed by atoms with Crippen LogP contribution in [0, 0.1) is 0 Å². The van der Waals surface area contributed by atoms with Crippen LogP contribution in [0.25, 0.3) is 0 Å². The second-order valence-corrected chi connectivity index (χ2v) is 9.65. The number of amides is 2. The van der Waals surface area contributed by atoms with E-state index in [1.54, 1.807) is 36.0 Å². The van der Waals surface area contributed by atoms with Crippen molar-refractivity contribution in [2.24, 2.45) is 0 Å². The van der Waals surface area contributed by atoms with Crippen molar-refractivity contribution in [1.29, 1.82) is 0 Å². The number of ether oxygens (including phenoxy) is 2. The number of benzene rings is 2. The van der Waals surface area contributed by atoms with E-state index in [2.05, 4.69) is 0 Å². The summed E-state index contributed by atoms with van der Waals surface area (Å²) >= 11 is 0. The number of nitrogens with zero attached hydrogens (tertiary/aromatic N) is 2. The molecule has 2 aliphatic heterocycles. The maximum absolute atomic E-state index is 13.1. The van der Waals surface area contributed by atoms with E-state index in [0.29, 0.717) is 64.0 Å². The van der Waals surface area contributed by atoms with Crippen molar-refractivity contribution in [3.05, 3.63) is 70.8 Å². The van der Waals surface area contributed by atoms with Crippen molar-refractivity contribution >= 4 is 12.0 Å². The summed E-state index contributed by atoms with van der Waals surface area (Å²) in [7, 11) is 1.67. The highest BCUT2D eigenvalue weighted by Gasteiger charge is 2.38. The maximum Gasteiger partial charge on any atom is 0.416 e. The van der Waals surface area contributed by atoms with Crippen molar-refractivity contribution in [3.8, 4) is 0 Å². The van der Waals surface area contributed by atoms with Crippen LogP contribution in [0.3, 0.4) is 0 Å². The minimum Gasteiger partial charge on any atom is -0.450 e. The summed E-state index contributed by atoms with van der Waals surface area (Å²) in [6, 6.07) is 12.8. The van der Waals surface area contributed by atoms with Gasteiger partial charge in [0.15, 0.2) is 0 Å². The Morgan fingerprint density at radius 3 is 2.03 bits per heavy atom. The molecule has 0 bridgehead atoms. The number of piperidine rings is 2. The number of likely N-dealkylation sites (tertiary alicyclic amines) is 2. The van der Waals surface area contributed by atoms with Crippen molar-refractivity contribution in [3.63, 3.8) is 0 Å². The van der Waals surface area contributed by atoms with Gasteiger partial charge < -0.3 is 19.3 Å². The van der Waals surface area contributed by atoms with Gasteiger partial charge in [-0.15, -0.1) is 0 Å². The molecule has 4 rings (SSSR count). The molecule has 200 valence electrons. The molecule has 2 fully saturated rings. The summed E-state index contributed by atoms with van der Waals surface area (Å²) in [5, 5.41) is 0. The monoisotopic (exact) mass is 518 g/mol. The molecule has 6 nitrogen and oxygen atoms in total. The first-order valence-electron chi connectivity index (χ1n) is 12.7. The summed E-state index contributed by atoms with van der Waals surface area (Å²) < 4.78 is 49.5. The van der Waals surface area contributed by atoms with Gasteiger partial charge in [-0.05, 0) is 73.9 Å². The number of rotatable bonds is 5. The molecule has 2 heterocycles. The lowest BCUT2D eigenvalue weighted by Crippen LogP contribution is -2.46. The Morgan fingerprint density at radius 2 is 1.51 bits per heavy atom. The Balaban J connectivity index is 1.34. The van der Waals surface area contributed by atoms with E-state index in [9.17, 15) is 22.8 Å². The Morgan fingerprint density at radius 1 is 0.919 bits per heavy atom. The highest BCUT2D eigenvalue weighted by molar-refractivity contribution is 5.94. The molecule has 2 saturated heterocycles. The molecule has 0 N–H and O–H groups in total. The number of hydrogen-bond donors (Lipinski definition) is 0. The zero-order valence-corrected chi connectivity index (χ0v) is 21.2. The molecule has 0 unspecified atom stereocenters. The van der Waals surface area contributed by atoms with E-state index < -0.39 is 17.3 Å². The minimum absolute atomic E-state index is 0.0546. The molecule has 2 aromatic carbocycles. The van der Waals surface area contributed by atoms with Gasteiger partial charge in [0.25, 0.3) is 5.91 Å². The first-order chi connectivity index (χ1) is 17.7. The number of hydrogen-bond acceptors (Lipinski definition) is 4. The molecule has 0 aromatic heterocycles. The molecule has 0 saturated carbocycles. The van der Waals surface area contributed by atoms with Gasteiger partial charge in [-0.1, -0.05) is 24.3 Å². The third-order valence-corrected chi connectivity index (χ3v) is 7.64. The SMILES string of the molecule is CCOC(=O)N1CCC(OC)(c2ccc(C(=O)N3CCC(c4ccc(C(F)(F)F)cc4)CC3)cc2)CC1. The Hall–Kier alpha value is -3.07. The molecule has 37 heavy (non-hydrogen) atoms. The predicted molar refractivity (Wildman–Crippen MR) is 132 cm³/mol. The van der Waals surface area contributed by atoms with Crippen molar-refractivity contribution in [1.82, 2.24) is 9.80 Å². The summed E-state index contributed by atoms with van der Waals surface area (Å²) in [6.07, 6.45) is -1.97. The van der Waals surface area contributed by atoms with Crippen molar-refractivity contribution in [2.75, 3.05) is 39.9 Å². The number of halogens is 3. The summed E-state index contributed by atoms with van der Waals surface area (Å²) in [4.78, 5) is 28.7. The zero-order chi connectivity index (χ0) is 26.6. The van der Waals surface area contributed by atoms with E-state index in [1.165, 1.54) is 0 Å². The smallest absolute Gasteiger partial charge is 0.416 e. The molecular weight excluding hydrogens is 485 g/mol. The highest BCUT2D eigenvalue weighted by atomic mass is 19.4. The van der Waals surface area contributed by atoms with E-state index in [0.717, 1.165) is 23.3 Å². The number of methoxy groups -OCH3 is 1. The van der Waals surface area contributed by atoms with Gasteiger partial charge >= 0.3 is 12.3 Å². The van der Waals surface area contributed by atoms with Gasteiger partial charge in [0.05, 0.1) is 17.8 Å². The fraction of sp³-hybridized carbons (Fsp3) is 0.500. The normalized spacial score (nSPS) is 18.5. The first-order valence-corrected chi connectivity index (χ1v) is 12.7. The van der Waals surface area contributed by atoms with Gasteiger partial charge in [0.1, 0.15) is 0 Å². The summed E-state index contributed by atoms with van der Waals surface area (Å²) in [5.74, 6) is 0.0803. The first kappa shape index (κ1) is 27.0. The third-order valence-electron chi connectivity index (χ3n) is 7.64. The average Bonchev–Trinajstić information content (AvgIpc) is 2.92.